The van der Waals surface area contributed by atoms with Gasteiger partial charge in [0.2, 0.25) is 0 Å². The molecule has 1 fully saturated rings. The maximum atomic E-state index is 12.3. The maximum absolute atomic E-state index is 12.3. The molecular weight excluding hydrogens is 268 g/mol. The average Bonchev–Trinajstić information content (AvgIpc) is 3.19. The monoisotopic (exact) mass is 287 g/mol. The summed E-state index contributed by atoms with van der Waals surface area (Å²) in [7, 11) is 0. The summed E-state index contributed by atoms with van der Waals surface area (Å²) in [5, 5.41) is 12.5. The first-order valence-electron chi connectivity index (χ1n) is 6.65. The molecule has 0 amide bonds. The number of rotatable bonds is 8. The van der Waals surface area contributed by atoms with Gasteiger partial charge in [-0.3, -0.25) is 0 Å². The predicted molar refractivity (Wildman–Crippen MR) is 70.1 cm³/mol. The lowest BCUT2D eigenvalue weighted by molar-refractivity contribution is -0.0514. The normalized spacial score (nSPS) is 16.2. The van der Waals surface area contributed by atoms with Gasteiger partial charge >= 0.3 is 6.61 Å². The van der Waals surface area contributed by atoms with Crippen molar-refractivity contribution in [3.63, 3.8) is 0 Å². The van der Waals surface area contributed by atoms with E-state index in [1.54, 1.807) is 19.1 Å². The first kappa shape index (κ1) is 15.0. The van der Waals surface area contributed by atoms with Gasteiger partial charge in [-0.2, -0.15) is 8.78 Å². The summed E-state index contributed by atoms with van der Waals surface area (Å²) < 4.78 is 34.3. The Balaban J connectivity index is 2.04. The third-order valence-corrected chi connectivity index (χ3v) is 3.35. The molecule has 0 atom stereocenters. The van der Waals surface area contributed by atoms with E-state index in [4.69, 9.17) is 4.74 Å². The number of alkyl halides is 2. The standard InChI is InChI=1S/C14H19F2NO3/c1-2-19-12-7-10(3-4-11(12)20-13(15)16)8-17-14(9-18)5-6-14/h3-4,7,13,17-18H,2,5-6,8-9H2,1H3. The molecule has 2 rings (SSSR count). The van der Waals surface area contributed by atoms with Gasteiger partial charge in [0.15, 0.2) is 11.5 Å². The molecule has 0 radical (unpaired) electrons. The van der Waals surface area contributed by atoms with E-state index in [0.29, 0.717) is 18.9 Å². The van der Waals surface area contributed by atoms with Gasteiger partial charge in [0.05, 0.1) is 13.2 Å². The minimum Gasteiger partial charge on any atom is -0.490 e. The van der Waals surface area contributed by atoms with E-state index in [2.05, 4.69) is 10.1 Å². The highest BCUT2D eigenvalue weighted by Crippen LogP contribution is 2.35. The van der Waals surface area contributed by atoms with Crippen LogP contribution < -0.4 is 14.8 Å². The summed E-state index contributed by atoms with van der Waals surface area (Å²) in [5.74, 6) is 0.342. The van der Waals surface area contributed by atoms with E-state index in [1.807, 2.05) is 0 Å². The number of hydrogen-bond donors (Lipinski definition) is 2. The van der Waals surface area contributed by atoms with Crippen molar-refractivity contribution in [3.05, 3.63) is 23.8 Å². The largest absolute Gasteiger partial charge is 0.490 e. The third-order valence-electron chi connectivity index (χ3n) is 3.35. The van der Waals surface area contributed by atoms with Gasteiger partial charge in [0.25, 0.3) is 0 Å². The highest BCUT2D eigenvalue weighted by molar-refractivity contribution is 5.43. The minimum absolute atomic E-state index is 0.0360. The molecule has 0 aromatic heterocycles. The zero-order valence-electron chi connectivity index (χ0n) is 11.4. The fraction of sp³-hybridized carbons (Fsp3) is 0.571. The zero-order chi connectivity index (χ0) is 14.6. The Morgan fingerprint density at radius 2 is 2.10 bits per heavy atom. The second-order valence-corrected chi connectivity index (χ2v) is 4.88. The molecule has 1 aliphatic rings. The SMILES string of the molecule is CCOc1cc(CNC2(CO)CC2)ccc1OC(F)F. The fourth-order valence-electron chi connectivity index (χ4n) is 1.96. The lowest BCUT2D eigenvalue weighted by Crippen LogP contribution is -2.34. The van der Waals surface area contributed by atoms with Gasteiger partial charge in [-0.15, -0.1) is 0 Å². The molecule has 20 heavy (non-hydrogen) atoms. The van der Waals surface area contributed by atoms with Crippen LogP contribution in [0.25, 0.3) is 0 Å². The van der Waals surface area contributed by atoms with Crippen molar-refractivity contribution < 1.29 is 23.4 Å². The molecule has 1 aliphatic carbocycles. The van der Waals surface area contributed by atoms with Crippen LogP contribution in [0.1, 0.15) is 25.3 Å². The summed E-state index contributed by atoms with van der Waals surface area (Å²) in [6, 6.07) is 4.87. The van der Waals surface area contributed by atoms with Crippen LogP contribution in [0.15, 0.2) is 18.2 Å². The predicted octanol–water partition coefficient (Wildman–Crippen LogP) is 2.30. The van der Waals surface area contributed by atoms with Gasteiger partial charge in [-0.05, 0) is 37.5 Å². The van der Waals surface area contributed by atoms with Crippen molar-refractivity contribution in [1.29, 1.82) is 0 Å². The Kier molecular flexibility index (Phi) is 4.77. The first-order chi connectivity index (χ1) is 9.58. The van der Waals surface area contributed by atoms with Crippen molar-refractivity contribution in [2.45, 2.75) is 38.5 Å². The van der Waals surface area contributed by atoms with Crippen LogP contribution in [0.4, 0.5) is 8.78 Å². The van der Waals surface area contributed by atoms with E-state index >= 15 is 0 Å². The Bertz CT molecular complexity index is 450. The summed E-state index contributed by atoms with van der Waals surface area (Å²) >= 11 is 0. The van der Waals surface area contributed by atoms with Crippen LogP contribution in [0, 0.1) is 0 Å². The molecule has 2 N–H and O–H groups in total. The number of ether oxygens (including phenoxy) is 2. The van der Waals surface area contributed by atoms with Gasteiger partial charge in [0, 0.05) is 12.1 Å². The van der Waals surface area contributed by atoms with Crippen LogP contribution in [0.5, 0.6) is 11.5 Å². The minimum atomic E-state index is -2.87. The zero-order valence-corrected chi connectivity index (χ0v) is 11.4. The maximum Gasteiger partial charge on any atom is 0.387 e. The number of nitrogens with one attached hydrogen (secondary N) is 1. The Morgan fingerprint density at radius 1 is 1.35 bits per heavy atom. The third kappa shape index (κ3) is 3.80. The molecule has 6 heteroatoms. The molecule has 0 saturated heterocycles. The van der Waals surface area contributed by atoms with Crippen LogP contribution in [0.2, 0.25) is 0 Å². The number of aliphatic hydroxyl groups excluding tert-OH is 1. The number of halogens is 2. The van der Waals surface area contributed by atoms with Crippen LogP contribution >= 0.6 is 0 Å². The summed E-state index contributed by atoms with van der Waals surface area (Å²) in [6.07, 6.45) is 1.91. The van der Waals surface area contributed by atoms with Gasteiger partial charge in [-0.1, -0.05) is 6.07 Å². The van der Waals surface area contributed by atoms with E-state index < -0.39 is 6.61 Å². The Morgan fingerprint density at radius 3 is 2.65 bits per heavy atom. The summed E-state index contributed by atoms with van der Waals surface area (Å²) in [6.45, 7) is -0.0608. The van der Waals surface area contributed by atoms with Crippen molar-refractivity contribution in [1.82, 2.24) is 5.32 Å². The molecular formula is C14H19F2NO3. The molecule has 0 heterocycles. The van der Waals surface area contributed by atoms with Crippen molar-refractivity contribution in [3.8, 4) is 11.5 Å². The van der Waals surface area contributed by atoms with E-state index in [1.165, 1.54) is 6.07 Å². The Hall–Kier alpha value is -1.40. The summed E-state index contributed by atoms with van der Waals surface area (Å²) in [5.41, 5.74) is 0.735. The fourth-order valence-corrected chi connectivity index (χ4v) is 1.96. The van der Waals surface area contributed by atoms with Crippen LogP contribution in [-0.2, 0) is 6.54 Å². The molecule has 112 valence electrons. The van der Waals surface area contributed by atoms with Gasteiger partial charge in [0.1, 0.15) is 0 Å². The lowest BCUT2D eigenvalue weighted by atomic mass is 10.1. The van der Waals surface area contributed by atoms with Crippen LogP contribution in [0.3, 0.4) is 0 Å². The van der Waals surface area contributed by atoms with Gasteiger partial charge < -0.3 is 19.9 Å². The molecule has 4 nitrogen and oxygen atoms in total. The molecule has 0 unspecified atom stereocenters. The van der Waals surface area contributed by atoms with E-state index in [9.17, 15) is 13.9 Å². The Labute approximate surface area is 116 Å². The number of hydrogen-bond acceptors (Lipinski definition) is 4. The molecule has 1 aromatic carbocycles. The second-order valence-electron chi connectivity index (χ2n) is 4.88. The number of benzene rings is 1. The van der Waals surface area contributed by atoms with Crippen LogP contribution in [-0.4, -0.2) is 30.5 Å². The molecule has 1 saturated carbocycles. The molecule has 0 aliphatic heterocycles. The average molecular weight is 287 g/mol. The second kappa shape index (κ2) is 6.37. The molecule has 0 spiro atoms. The van der Waals surface area contributed by atoms with E-state index in [-0.39, 0.29) is 17.9 Å². The van der Waals surface area contributed by atoms with Crippen molar-refractivity contribution in [2.24, 2.45) is 0 Å². The highest BCUT2D eigenvalue weighted by atomic mass is 19.3. The molecule has 0 bridgehead atoms. The first-order valence-corrected chi connectivity index (χ1v) is 6.65. The smallest absolute Gasteiger partial charge is 0.387 e. The summed E-state index contributed by atoms with van der Waals surface area (Å²) in [4.78, 5) is 0. The lowest BCUT2D eigenvalue weighted by Gasteiger charge is -2.16. The van der Waals surface area contributed by atoms with E-state index in [0.717, 1.165) is 18.4 Å². The number of aliphatic hydroxyl groups is 1. The highest BCUT2D eigenvalue weighted by Gasteiger charge is 2.41. The topological polar surface area (TPSA) is 50.7 Å². The van der Waals surface area contributed by atoms with Crippen molar-refractivity contribution in [2.75, 3.05) is 13.2 Å². The molecule has 1 aromatic rings. The van der Waals surface area contributed by atoms with Crippen molar-refractivity contribution >= 4 is 0 Å². The quantitative estimate of drug-likeness (QED) is 0.770. The van der Waals surface area contributed by atoms with Gasteiger partial charge in [-0.25, -0.2) is 0 Å².